The Morgan fingerprint density at radius 2 is 1.63 bits per heavy atom. The zero-order valence-electron chi connectivity index (χ0n) is 10.7. The van der Waals surface area contributed by atoms with Crippen LogP contribution in [0.15, 0.2) is 66.9 Å². The molecule has 0 radical (unpaired) electrons. The van der Waals surface area contributed by atoms with Gasteiger partial charge < -0.3 is 0 Å². The molecule has 0 fully saturated rings. The van der Waals surface area contributed by atoms with Crippen LogP contribution in [0.25, 0.3) is 22.4 Å². The van der Waals surface area contributed by atoms with Crippen molar-refractivity contribution in [2.24, 2.45) is 0 Å². The summed E-state index contributed by atoms with van der Waals surface area (Å²) in [6.45, 7) is 2.10. The average molecular weight is 246 g/mol. The molecule has 19 heavy (non-hydrogen) atoms. The van der Waals surface area contributed by atoms with Crippen molar-refractivity contribution < 1.29 is 0 Å². The Labute approximate surface area is 112 Å². The number of hydrogen-bond donors (Lipinski definition) is 0. The van der Waals surface area contributed by atoms with Crippen molar-refractivity contribution in [3.05, 3.63) is 72.4 Å². The van der Waals surface area contributed by atoms with Gasteiger partial charge in [0.15, 0.2) is 0 Å². The summed E-state index contributed by atoms with van der Waals surface area (Å²) in [6, 6.07) is 20.7. The van der Waals surface area contributed by atoms with Crippen LogP contribution in [0.5, 0.6) is 0 Å². The minimum Gasteiger partial charge on any atom is -0.159 e. The topological polar surface area (TPSA) is 25.8 Å². The van der Waals surface area contributed by atoms with Gasteiger partial charge in [0.05, 0.1) is 5.69 Å². The van der Waals surface area contributed by atoms with E-state index >= 15 is 0 Å². The average Bonchev–Trinajstić information content (AvgIpc) is 2.49. The summed E-state index contributed by atoms with van der Waals surface area (Å²) in [6.07, 6.45) is 1.69. The van der Waals surface area contributed by atoms with Crippen LogP contribution in [0, 0.1) is 6.92 Å². The van der Waals surface area contributed by atoms with Gasteiger partial charge in [0.25, 0.3) is 0 Å². The van der Waals surface area contributed by atoms with E-state index in [0.29, 0.717) is 0 Å². The minimum atomic E-state index is 0.915. The minimum absolute atomic E-state index is 0.915. The van der Waals surface area contributed by atoms with Crippen molar-refractivity contribution in [3.8, 4) is 22.4 Å². The van der Waals surface area contributed by atoms with Crippen molar-refractivity contribution in [1.29, 1.82) is 0 Å². The fraction of sp³-hybridized carbons (Fsp3) is 0.0588. The maximum absolute atomic E-state index is 4.19. The van der Waals surface area contributed by atoms with Gasteiger partial charge in [-0.15, -0.1) is 0 Å². The SMILES string of the molecule is Cc1ccc(-c2ccccc2)cc1-c1cccnn1. The lowest BCUT2D eigenvalue weighted by Gasteiger charge is -2.08. The van der Waals surface area contributed by atoms with E-state index in [1.807, 2.05) is 18.2 Å². The first-order valence-corrected chi connectivity index (χ1v) is 6.29. The van der Waals surface area contributed by atoms with Crippen LogP contribution in [0.4, 0.5) is 0 Å². The van der Waals surface area contributed by atoms with E-state index in [1.54, 1.807) is 6.20 Å². The lowest BCUT2D eigenvalue weighted by Crippen LogP contribution is -1.90. The summed E-state index contributed by atoms with van der Waals surface area (Å²) >= 11 is 0. The highest BCUT2D eigenvalue weighted by atomic mass is 15.1. The van der Waals surface area contributed by atoms with E-state index in [-0.39, 0.29) is 0 Å². The van der Waals surface area contributed by atoms with E-state index in [1.165, 1.54) is 16.7 Å². The predicted molar refractivity (Wildman–Crippen MR) is 77.6 cm³/mol. The van der Waals surface area contributed by atoms with Gasteiger partial charge >= 0.3 is 0 Å². The van der Waals surface area contributed by atoms with Crippen LogP contribution < -0.4 is 0 Å². The molecule has 0 amide bonds. The third-order valence-corrected chi connectivity index (χ3v) is 3.19. The molecular weight excluding hydrogens is 232 g/mol. The van der Waals surface area contributed by atoms with Crippen LogP contribution in [0.3, 0.4) is 0 Å². The third-order valence-electron chi connectivity index (χ3n) is 3.19. The fourth-order valence-electron chi connectivity index (χ4n) is 2.15. The van der Waals surface area contributed by atoms with Gasteiger partial charge in [0.2, 0.25) is 0 Å². The highest BCUT2D eigenvalue weighted by molar-refractivity contribution is 5.73. The molecule has 0 bridgehead atoms. The van der Waals surface area contributed by atoms with E-state index in [2.05, 4.69) is 59.6 Å². The van der Waals surface area contributed by atoms with Crippen LogP contribution in [-0.4, -0.2) is 10.2 Å². The van der Waals surface area contributed by atoms with Crippen LogP contribution in [0.2, 0.25) is 0 Å². The zero-order valence-corrected chi connectivity index (χ0v) is 10.7. The second-order valence-electron chi connectivity index (χ2n) is 4.50. The Hall–Kier alpha value is -2.48. The van der Waals surface area contributed by atoms with Gasteiger partial charge in [0, 0.05) is 11.8 Å². The summed E-state index contributed by atoms with van der Waals surface area (Å²) in [5.74, 6) is 0. The largest absolute Gasteiger partial charge is 0.159 e. The Bertz CT molecular complexity index is 676. The van der Waals surface area contributed by atoms with Crippen LogP contribution in [0.1, 0.15) is 5.56 Å². The molecule has 0 atom stereocenters. The molecule has 0 aliphatic carbocycles. The lowest BCUT2D eigenvalue weighted by molar-refractivity contribution is 1.04. The molecule has 3 aromatic rings. The van der Waals surface area contributed by atoms with Gasteiger partial charge in [-0.25, -0.2) is 0 Å². The molecule has 0 saturated carbocycles. The van der Waals surface area contributed by atoms with Gasteiger partial charge in [0.1, 0.15) is 0 Å². The molecule has 92 valence electrons. The summed E-state index contributed by atoms with van der Waals surface area (Å²) in [5.41, 5.74) is 5.67. The highest BCUT2D eigenvalue weighted by Gasteiger charge is 2.05. The number of hydrogen-bond acceptors (Lipinski definition) is 2. The first kappa shape index (κ1) is 11.6. The second kappa shape index (κ2) is 5.02. The number of nitrogens with zero attached hydrogens (tertiary/aromatic N) is 2. The van der Waals surface area contributed by atoms with Crippen molar-refractivity contribution in [2.45, 2.75) is 6.92 Å². The molecule has 0 aliphatic heterocycles. The standard InChI is InChI=1S/C17H14N2/c1-13-9-10-15(14-6-3-2-4-7-14)12-16(13)17-8-5-11-18-19-17/h2-12H,1H3. The number of benzene rings is 2. The molecule has 2 aromatic carbocycles. The van der Waals surface area contributed by atoms with Crippen molar-refractivity contribution >= 4 is 0 Å². The molecule has 2 heteroatoms. The highest BCUT2D eigenvalue weighted by Crippen LogP contribution is 2.27. The van der Waals surface area contributed by atoms with Gasteiger partial charge in [-0.1, -0.05) is 42.5 Å². The molecule has 0 N–H and O–H groups in total. The molecule has 0 unspecified atom stereocenters. The Kier molecular flexibility index (Phi) is 3.07. The van der Waals surface area contributed by atoms with E-state index in [0.717, 1.165) is 11.3 Å². The Morgan fingerprint density at radius 3 is 2.37 bits per heavy atom. The first-order valence-electron chi connectivity index (χ1n) is 6.29. The quantitative estimate of drug-likeness (QED) is 0.679. The van der Waals surface area contributed by atoms with E-state index in [4.69, 9.17) is 0 Å². The van der Waals surface area contributed by atoms with Crippen molar-refractivity contribution in [2.75, 3.05) is 0 Å². The number of rotatable bonds is 2. The normalized spacial score (nSPS) is 10.4. The molecule has 1 aromatic heterocycles. The van der Waals surface area contributed by atoms with Crippen LogP contribution >= 0.6 is 0 Å². The first-order chi connectivity index (χ1) is 9.34. The van der Waals surface area contributed by atoms with Gasteiger partial charge in [-0.05, 0) is 41.8 Å². The summed E-state index contributed by atoms with van der Waals surface area (Å²) in [5, 5.41) is 8.15. The van der Waals surface area contributed by atoms with Crippen LogP contribution in [-0.2, 0) is 0 Å². The maximum atomic E-state index is 4.19. The molecular formula is C17H14N2. The van der Waals surface area contributed by atoms with Gasteiger partial charge in [-0.3, -0.25) is 0 Å². The molecule has 0 spiro atoms. The zero-order chi connectivity index (χ0) is 13.1. The van der Waals surface area contributed by atoms with Crippen molar-refractivity contribution in [1.82, 2.24) is 10.2 Å². The number of aromatic nitrogens is 2. The molecule has 1 heterocycles. The molecule has 3 rings (SSSR count). The predicted octanol–water partition coefficient (Wildman–Crippen LogP) is 4.12. The molecule has 2 nitrogen and oxygen atoms in total. The Balaban J connectivity index is 2.12. The third kappa shape index (κ3) is 2.38. The molecule has 0 saturated heterocycles. The van der Waals surface area contributed by atoms with E-state index < -0.39 is 0 Å². The maximum Gasteiger partial charge on any atom is 0.0932 e. The van der Waals surface area contributed by atoms with E-state index in [9.17, 15) is 0 Å². The smallest absolute Gasteiger partial charge is 0.0932 e. The second-order valence-corrected chi connectivity index (χ2v) is 4.50. The lowest BCUT2D eigenvalue weighted by atomic mass is 9.98. The summed E-state index contributed by atoms with van der Waals surface area (Å²) in [7, 11) is 0. The summed E-state index contributed by atoms with van der Waals surface area (Å²) in [4.78, 5) is 0. The molecule has 0 aliphatic rings. The monoisotopic (exact) mass is 246 g/mol. The fourth-order valence-corrected chi connectivity index (χ4v) is 2.15. The van der Waals surface area contributed by atoms with Crippen molar-refractivity contribution in [3.63, 3.8) is 0 Å². The Morgan fingerprint density at radius 1 is 0.789 bits per heavy atom. The van der Waals surface area contributed by atoms with Gasteiger partial charge in [-0.2, -0.15) is 10.2 Å². The number of aryl methyl sites for hydroxylation is 1. The summed E-state index contributed by atoms with van der Waals surface area (Å²) < 4.78 is 0.